The van der Waals surface area contributed by atoms with E-state index >= 15 is 0 Å². The van der Waals surface area contributed by atoms with Crippen molar-refractivity contribution in [1.29, 1.82) is 0 Å². The number of rotatable bonds is 4. The van der Waals surface area contributed by atoms with Crippen LogP contribution in [-0.4, -0.2) is 17.7 Å². The van der Waals surface area contributed by atoms with E-state index in [-0.39, 0.29) is 12.2 Å². The quantitative estimate of drug-likeness (QED) is 0.267. The molecule has 138 valence electrons. The first kappa shape index (κ1) is 19.6. The minimum Gasteiger partial charge on any atom is -0.462 e. The Labute approximate surface area is 150 Å². The lowest BCUT2D eigenvalue weighted by Crippen LogP contribution is -2.22. The van der Waals surface area contributed by atoms with Crippen LogP contribution in [-0.2, 0) is 4.74 Å². The van der Waals surface area contributed by atoms with Crippen molar-refractivity contribution >= 4 is 34.7 Å². The lowest BCUT2D eigenvalue weighted by molar-refractivity contribution is 0.0526. The van der Waals surface area contributed by atoms with Gasteiger partial charge in [0.25, 0.3) is 0 Å². The predicted molar refractivity (Wildman–Crippen MR) is 88.5 cm³/mol. The summed E-state index contributed by atoms with van der Waals surface area (Å²) in [6.07, 6.45) is 0. The molecule has 0 amide bonds. The average Bonchev–Trinajstić information content (AvgIpc) is 2.63. The second kappa shape index (κ2) is 8.09. The number of hydrogen-bond donors (Lipinski definition) is 2. The highest BCUT2D eigenvalue weighted by Crippen LogP contribution is 2.27. The minimum atomic E-state index is -2.26. The van der Waals surface area contributed by atoms with Gasteiger partial charge >= 0.3 is 5.97 Å². The fraction of sp³-hybridized carbons (Fsp3) is 0.125. The molecule has 0 radical (unpaired) electrons. The smallest absolute Gasteiger partial charge is 0.338 e. The van der Waals surface area contributed by atoms with Crippen molar-refractivity contribution in [3.8, 4) is 0 Å². The first-order chi connectivity index (χ1) is 12.3. The summed E-state index contributed by atoms with van der Waals surface area (Å²) in [4.78, 5) is 11.5. The van der Waals surface area contributed by atoms with Crippen molar-refractivity contribution in [2.24, 2.45) is 0 Å². The first-order valence-electron chi connectivity index (χ1n) is 7.12. The number of carbonyl (C=O) groups excluding carboxylic acids is 1. The maximum atomic E-state index is 13.6. The van der Waals surface area contributed by atoms with Crippen molar-refractivity contribution in [3.63, 3.8) is 0 Å². The van der Waals surface area contributed by atoms with E-state index in [1.54, 1.807) is 6.92 Å². The van der Waals surface area contributed by atoms with Gasteiger partial charge in [-0.2, -0.15) is 0 Å². The Kier molecular flexibility index (Phi) is 6.09. The SMILES string of the molecule is CCOC(=O)c1ccc(NC(=S)Nc2c(F)c(F)c(F)c(F)c2F)cc1. The van der Waals surface area contributed by atoms with E-state index in [9.17, 15) is 26.7 Å². The van der Waals surface area contributed by atoms with Crippen molar-refractivity contribution in [3.05, 3.63) is 58.9 Å². The van der Waals surface area contributed by atoms with Crippen LogP contribution >= 0.6 is 12.2 Å². The molecule has 2 N–H and O–H groups in total. The Morgan fingerprint density at radius 2 is 1.42 bits per heavy atom. The summed E-state index contributed by atoms with van der Waals surface area (Å²) in [5, 5.41) is 4.00. The Bertz CT molecular complexity index is 830. The van der Waals surface area contributed by atoms with E-state index < -0.39 is 45.9 Å². The molecule has 0 aliphatic carbocycles. The van der Waals surface area contributed by atoms with Crippen LogP contribution in [0.5, 0.6) is 0 Å². The summed E-state index contributed by atoms with van der Waals surface area (Å²) in [6, 6.07) is 5.64. The van der Waals surface area contributed by atoms with Crippen LogP contribution in [0.25, 0.3) is 0 Å². The third kappa shape index (κ3) is 4.07. The normalized spacial score (nSPS) is 10.4. The standard InChI is InChI=1S/C16H11F5N2O2S/c1-2-25-15(24)7-3-5-8(6-4-7)22-16(26)23-14-12(20)10(18)9(17)11(19)13(14)21/h3-6H,2H2,1H3,(H2,22,23,26). The van der Waals surface area contributed by atoms with Gasteiger partial charge in [0.1, 0.15) is 5.69 Å². The second-order valence-corrected chi connectivity index (χ2v) is 5.23. The third-order valence-corrected chi connectivity index (χ3v) is 3.31. The van der Waals surface area contributed by atoms with Crippen LogP contribution in [0.1, 0.15) is 17.3 Å². The minimum absolute atomic E-state index is 0.203. The molecular formula is C16H11F5N2O2S. The van der Waals surface area contributed by atoms with Crippen LogP contribution in [0.15, 0.2) is 24.3 Å². The lowest BCUT2D eigenvalue weighted by atomic mass is 10.2. The van der Waals surface area contributed by atoms with Crippen molar-refractivity contribution in [2.75, 3.05) is 17.2 Å². The van der Waals surface area contributed by atoms with Crippen LogP contribution in [0.3, 0.4) is 0 Å². The van der Waals surface area contributed by atoms with Gasteiger partial charge < -0.3 is 15.4 Å². The van der Waals surface area contributed by atoms with Crippen molar-refractivity contribution in [1.82, 2.24) is 0 Å². The highest BCUT2D eigenvalue weighted by molar-refractivity contribution is 7.80. The third-order valence-electron chi connectivity index (χ3n) is 3.10. The van der Waals surface area contributed by atoms with Crippen LogP contribution < -0.4 is 10.6 Å². The summed E-state index contributed by atoms with van der Waals surface area (Å²) in [5.74, 6) is -11.1. The van der Waals surface area contributed by atoms with Gasteiger partial charge in [0.15, 0.2) is 28.4 Å². The first-order valence-corrected chi connectivity index (χ1v) is 7.53. The molecule has 0 spiro atoms. The zero-order valence-electron chi connectivity index (χ0n) is 13.1. The molecule has 26 heavy (non-hydrogen) atoms. The molecule has 0 unspecified atom stereocenters. The van der Waals surface area contributed by atoms with Crippen molar-refractivity contribution < 1.29 is 31.5 Å². The van der Waals surface area contributed by atoms with Gasteiger partial charge in [0, 0.05) is 5.69 Å². The Morgan fingerprint density at radius 1 is 0.923 bits per heavy atom. The summed E-state index contributed by atoms with van der Waals surface area (Å²) >= 11 is 4.80. The van der Waals surface area contributed by atoms with E-state index in [0.717, 1.165) is 0 Å². The maximum Gasteiger partial charge on any atom is 0.338 e. The molecule has 10 heteroatoms. The van der Waals surface area contributed by atoms with E-state index in [1.807, 2.05) is 5.32 Å². The summed E-state index contributed by atoms with van der Waals surface area (Å²) in [5.41, 5.74) is -0.711. The summed E-state index contributed by atoms with van der Waals surface area (Å²) < 4.78 is 71.3. The van der Waals surface area contributed by atoms with Crippen LogP contribution in [0.4, 0.5) is 33.3 Å². The van der Waals surface area contributed by atoms with Gasteiger partial charge in [0.2, 0.25) is 5.82 Å². The number of benzene rings is 2. The maximum absolute atomic E-state index is 13.6. The Hall–Kier alpha value is -2.75. The van der Waals surface area contributed by atoms with Gasteiger partial charge in [-0.05, 0) is 43.4 Å². The molecule has 0 fully saturated rings. The number of halogens is 5. The number of anilines is 2. The van der Waals surface area contributed by atoms with Gasteiger partial charge in [-0.3, -0.25) is 0 Å². The molecule has 0 heterocycles. The molecule has 2 rings (SSSR count). The van der Waals surface area contributed by atoms with Gasteiger partial charge in [-0.25, -0.2) is 26.7 Å². The molecule has 0 aliphatic heterocycles. The Balaban J connectivity index is 2.14. The Morgan fingerprint density at radius 3 is 1.92 bits per heavy atom. The fourth-order valence-corrected chi connectivity index (χ4v) is 2.11. The monoisotopic (exact) mass is 390 g/mol. The van der Waals surface area contributed by atoms with Crippen LogP contribution in [0.2, 0.25) is 0 Å². The number of thiocarbonyl (C=S) groups is 1. The molecule has 4 nitrogen and oxygen atoms in total. The number of carbonyl (C=O) groups is 1. The zero-order valence-corrected chi connectivity index (χ0v) is 13.9. The molecule has 0 aliphatic rings. The van der Waals surface area contributed by atoms with Gasteiger partial charge in [-0.1, -0.05) is 0 Å². The fourth-order valence-electron chi connectivity index (χ4n) is 1.89. The summed E-state index contributed by atoms with van der Waals surface area (Å²) in [7, 11) is 0. The molecule has 2 aromatic carbocycles. The molecule has 0 saturated carbocycles. The number of esters is 1. The van der Waals surface area contributed by atoms with E-state index in [1.165, 1.54) is 24.3 Å². The van der Waals surface area contributed by atoms with Gasteiger partial charge in [-0.15, -0.1) is 0 Å². The summed E-state index contributed by atoms with van der Waals surface area (Å²) in [6.45, 7) is 1.85. The highest BCUT2D eigenvalue weighted by Gasteiger charge is 2.26. The number of hydrogen-bond acceptors (Lipinski definition) is 3. The van der Waals surface area contributed by atoms with Crippen molar-refractivity contribution in [2.45, 2.75) is 6.92 Å². The van der Waals surface area contributed by atoms with Crippen LogP contribution in [0, 0.1) is 29.1 Å². The number of ether oxygens (including phenoxy) is 1. The highest BCUT2D eigenvalue weighted by atomic mass is 32.1. The molecule has 2 aromatic rings. The van der Waals surface area contributed by atoms with E-state index in [2.05, 4.69) is 5.32 Å². The average molecular weight is 390 g/mol. The van der Waals surface area contributed by atoms with E-state index in [0.29, 0.717) is 5.69 Å². The second-order valence-electron chi connectivity index (χ2n) is 4.82. The lowest BCUT2D eigenvalue weighted by Gasteiger charge is -2.13. The molecule has 0 bridgehead atoms. The van der Waals surface area contributed by atoms with E-state index in [4.69, 9.17) is 17.0 Å². The molecule has 0 atom stereocenters. The zero-order chi connectivity index (χ0) is 19.4. The largest absolute Gasteiger partial charge is 0.462 e. The molecule has 0 aromatic heterocycles. The van der Waals surface area contributed by atoms with Gasteiger partial charge in [0.05, 0.1) is 12.2 Å². The number of nitrogens with one attached hydrogen (secondary N) is 2. The topological polar surface area (TPSA) is 50.4 Å². The molecule has 0 saturated heterocycles. The predicted octanol–water partition coefficient (Wildman–Crippen LogP) is 4.37. The molecular weight excluding hydrogens is 379 g/mol.